The van der Waals surface area contributed by atoms with Crippen molar-refractivity contribution in [3.63, 3.8) is 0 Å². The second-order valence-corrected chi connectivity index (χ2v) is 9.53. The maximum absolute atomic E-state index is 13.6. The molecule has 0 spiro atoms. The van der Waals surface area contributed by atoms with Crippen molar-refractivity contribution < 1.29 is 29.5 Å². The highest BCUT2D eigenvalue weighted by Crippen LogP contribution is 2.29. The highest BCUT2D eigenvalue weighted by atomic mass is 32.2. The van der Waals surface area contributed by atoms with Crippen LogP contribution in [0.1, 0.15) is 52.4 Å². The van der Waals surface area contributed by atoms with Crippen LogP contribution in [0.25, 0.3) is 0 Å². The van der Waals surface area contributed by atoms with E-state index in [0.29, 0.717) is 17.7 Å². The number of nitrogens with one attached hydrogen (secondary N) is 1. The van der Waals surface area contributed by atoms with E-state index in [0.717, 1.165) is 22.4 Å². The average molecular weight is 585 g/mol. The van der Waals surface area contributed by atoms with Crippen molar-refractivity contribution in [2.24, 2.45) is 5.34 Å². The third-order valence-corrected chi connectivity index (χ3v) is 6.44. The number of nitrogens with zero attached hydrogens (tertiary/aromatic N) is 3. The summed E-state index contributed by atoms with van der Waals surface area (Å²) < 4.78 is 3.21. The quantitative estimate of drug-likeness (QED) is 0.0794. The molecule has 0 radical (unpaired) electrons. The fourth-order valence-electron chi connectivity index (χ4n) is 4.01. The molecule has 0 fully saturated rings. The van der Waals surface area contributed by atoms with E-state index >= 15 is 0 Å². The Balaban J connectivity index is 0.00000187. The fourth-order valence-corrected chi connectivity index (χ4v) is 4.38. The summed E-state index contributed by atoms with van der Waals surface area (Å²) in [6.45, 7) is 4.01. The maximum atomic E-state index is 13.6. The lowest BCUT2D eigenvalue weighted by Gasteiger charge is -2.32. The third-order valence-electron chi connectivity index (χ3n) is 6.00. The van der Waals surface area contributed by atoms with Crippen LogP contribution in [0.3, 0.4) is 0 Å². The minimum absolute atomic E-state index is 0.0397. The van der Waals surface area contributed by atoms with E-state index in [4.69, 9.17) is 9.90 Å². The van der Waals surface area contributed by atoms with Crippen molar-refractivity contribution >= 4 is 30.0 Å². The smallest absolute Gasteiger partial charge is 0.294 e. The number of hydrogen-bond donors (Lipinski definition) is 2. The zero-order valence-corrected chi connectivity index (χ0v) is 23.7. The third kappa shape index (κ3) is 10.4. The van der Waals surface area contributed by atoms with Gasteiger partial charge in [-0.15, -0.1) is 15.0 Å². The van der Waals surface area contributed by atoms with Crippen molar-refractivity contribution in [2.75, 3.05) is 17.5 Å². The molecule has 0 aromatic heterocycles. The molecule has 13 heteroatoms. The van der Waals surface area contributed by atoms with E-state index in [9.17, 15) is 19.8 Å². The first kappa shape index (κ1) is 32.6. The van der Waals surface area contributed by atoms with Gasteiger partial charge in [-0.3, -0.25) is 9.59 Å². The summed E-state index contributed by atoms with van der Waals surface area (Å²) in [7, 11) is 0. The molecule has 0 heterocycles. The Bertz CT molecular complexity index is 1260. The molecule has 0 aliphatic carbocycles. The number of rotatable bonds is 14. The fraction of sp³-hybridized carbons (Fsp3) is 0.286. The number of hydrogen-bond acceptors (Lipinski definition) is 10. The van der Waals surface area contributed by atoms with Gasteiger partial charge in [0, 0.05) is 36.0 Å². The standard InChI is InChI=1S/C27H30N4O6S.CH2O2/c1-19(2)30(27(32)24-10-6-20(7-11-24)17-36-29-33)16-26(23-12-14-25(15-13-23)28-38-3)22-8-4-21(5-9-22)18-37-31(34)35;2-1-3/h4-15,19,26,28H,16-18H2,1-3H3;1H,(H,2,3). The van der Waals surface area contributed by atoms with Crippen molar-refractivity contribution in [1.82, 2.24) is 4.90 Å². The van der Waals surface area contributed by atoms with Crippen molar-refractivity contribution in [3.05, 3.63) is 116 Å². The Morgan fingerprint density at radius 3 is 2.02 bits per heavy atom. The largest absolute Gasteiger partial charge is 0.483 e. The summed E-state index contributed by atoms with van der Waals surface area (Å²) in [4.78, 5) is 53.6. The summed E-state index contributed by atoms with van der Waals surface area (Å²) in [6, 6.07) is 22.3. The van der Waals surface area contributed by atoms with Crippen molar-refractivity contribution in [1.29, 1.82) is 0 Å². The first-order valence-corrected chi connectivity index (χ1v) is 13.6. The number of benzene rings is 3. The molecule has 41 heavy (non-hydrogen) atoms. The minimum atomic E-state index is -0.814. The van der Waals surface area contributed by atoms with Crippen LogP contribution < -0.4 is 4.72 Å². The Morgan fingerprint density at radius 1 is 1.02 bits per heavy atom. The first-order valence-electron chi connectivity index (χ1n) is 12.4. The molecule has 1 unspecified atom stereocenters. The molecule has 0 saturated carbocycles. The molecule has 12 nitrogen and oxygen atoms in total. The van der Waals surface area contributed by atoms with E-state index in [1.807, 2.05) is 61.4 Å². The molecule has 1 atom stereocenters. The second-order valence-electron chi connectivity index (χ2n) is 8.92. The molecule has 0 aliphatic heterocycles. The summed E-state index contributed by atoms with van der Waals surface area (Å²) in [5, 5.41) is 19.0. The summed E-state index contributed by atoms with van der Waals surface area (Å²) in [5.74, 6) is -0.274. The zero-order valence-electron chi connectivity index (χ0n) is 22.8. The van der Waals surface area contributed by atoms with Crippen LogP contribution in [-0.4, -0.2) is 46.3 Å². The number of carbonyl (C=O) groups excluding carboxylic acids is 1. The van der Waals surface area contributed by atoms with Crippen LogP contribution in [-0.2, 0) is 27.7 Å². The van der Waals surface area contributed by atoms with Crippen molar-refractivity contribution in [3.8, 4) is 0 Å². The molecular weight excluding hydrogens is 552 g/mol. The number of anilines is 1. The van der Waals surface area contributed by atoms with Gasteiger partial charge in [0.25, 0.3) is 17.5 Å². The lowest BCUT2D eigenvalue weighted by atomic mass is 9.89. The van der Waals surface area contributed by atoms with Gasteiger partial charge in [-0.2, -0.15) is 0 Å². The van der Waals surface area contributed by atoms with Gasteiger partial charge in [0.1, 0.15) is 13.2 Å². The molecule has 218 valence electrons. The molecule has 3 aromatic carbocycles. The Kier molecular flexibility index (Phi) is 13.6. The van der Waals surface area contributed by atoms with Crippen LogP contribution in [0.4, 0.5) is 5.69 Å². The first-order chi connectivity index (χ1) is 19.7. The van der Waals surface area contributed by atoms with Gasteiger partial charge in [0.15, 0.2) is 5.34 Å². The highest BCUT2D eigenvalue weighted by Gasteiger charge is 2.25. The van der Waals surface area contributed by atoms with Gasteiger partial charge >= 0.3 is 0 Å². The monoisotopic (exact) mass is 584 g/mol. The zero-order chi connectivity index (χ0) is 30.2. The van der Waals surface area contributed by atoms with E-state index in [1.54, 1.807) is 36.4 Å². The maximum Gasteiger partial charge on any atom is 0.294 e. The average Bonchev–Trinajstić information content (AvgIpc) is 2.97. The SMILES string of the molecule is CSNc1ccc(C(CN(C(=O)c2ccc(CON=O)cc2)C(C)C)c2ccc(CO[N+](=O)[O-])cc2)cc1.O=CO. The van der Waals surface area contributed by atoms with Crippen LogP contribution in [0.5, 0.6) is 0 Å². The number of amides is 1. The molecule has 2 N–H and O–H groups in total. The van der Waals surface area contributed by atoms with Crippen LogP contribution >= 0.6 is 11.9 Å². The Labute approximate surface area is 241 Å². The van der Waals surface area contributed by atoms with E-state index in [1.165, 1.54) is 11.9 Å². The predicted molar refractivity (Wildman–Crippen MR) is 156 cm³/mol. The van der Waals surface area contributed by atoms with Crippen LogP contribution in [0.15, 0.2) is 78.1 Å². The lowest BCUT2D eigenvalue weighted by Crippen LogP contribution is -2.40. The molecule has 1 amide bonds. The van der Waals surface area contributed by atoms with Crippen LogP contribution in [0.2, 0.25) is 0 Å². The van der Waals surface area contributed by atoms with Gasteiger partial charge in [0.05, 0.1) is 0 Å². The van der Waals surface area contributed by atoms with Crippen molar-refractivity contribution in [2.45, 2.75) is 39.0 Å². The van der Waals surface area contributed by atoms with E-state index < -0.39 is 5.09 Å². The normalized spacial score (nSPS) is 10.9. The lowest BCUT2D eigenvalue weighted by molar-refractivity contribution is -0.763. The van der Waals surface area contributed by atoms with Gasteiger partial charge in [0.2, 0.25) is 0 Å². The van der Waals surface area contributed by atoms with Gasteiger partial charge in [-0.05, 0) is 60.4 Å². The number of carbonyl (C=O) groups is 2. The van der Waals surface area contributed by atoms with E-state index in [-0.39, 0.29) is 37.6 Å². The number of carboxylic acid groups (broad SMARTS) is 1. The van der Waals surface area contributed by atoms with Gasteiger partial charge < -0.3 is 24.4 Å². The van der Waals surface area contributed by atoms with Gasteiger partial charge in [-0.25, -0.2) is 0 Å². The molecule has 3 rings (SSSR count). The van der Waals surface area contributed by atoms with E-state index in [2.05, 4.69) is 19.7 Å². The molecule has 0 bridgehead atoms. The Morgan fingerprint density at radius 2 is 1.54 bits per heavy atom. The minimum Gasteiger partial charge on any atom is -0.483 e. The van der Waals surface area contributed by atoms with Crippen LogP contribution in [0, 0.1) is 15.0 Å². The molecule has 3 aromatic rings. The summed E-state index contributed by atoms with van der Waals surface area (Å²) in [6.07, 6.45) is 1.95. The Hall–Kier alpha value is -4.65. The summed E-state index contributed by atoms with van der Waals surface area (Å²) in [5.41, 5.74) is 4.89. The molecule has 0 saturated heterocycles. The van der Waals surface area contributed by atoms with Gasteiger partial charge in [-0.1, -0.05) is 60.5 Å². The predicted octanol–water partition coefficient (Wildman–Crippen LogP) is 5.67. The molecular formula is C28H32N4O8S. The highest BCUT2D eigenvalue weighted by molar-refractivity contribution is 7.99. The topological polar surface area (TPSA) is 161 Å². The summed E-state index contributed by atoms with van der Waals surface area (Å²) >= 11 is 1.50. The second kappa shape index (κ2) is 17.1. The molecule has 0 aliphatic rings.